The molecule has 1 aromatic heterocycles. The number of nitrogen functional groups attached to an aromatic ring is 1. The molecule has 5 heteroatoms. The van der Waals surface area contributed by atoms with Crippen molar-refractivity contribution in [3.63, 3.8) is 0 Å². The van der Waals surface area contributed by atoms with Crippen LogP contribution >= 0.6 is 15.9 Å². The van der Waals surface area contributed by atoms with Crippen molar-refractivity contribution in [1.82, 2.24) is 9.88 Å². The summed E-state index contributed by atoms with van der Waals surface area (Å²) >= 11 is 3.39. The fraction of sp³-hybridized carbons (Fsp3) is 0.615. The van der Waals surface area contributed by atoms with Crippen LogP contribution in [0.15, 0.2) is 16.7 Å². The van der Waals surface area contributed by atoms with Gasteiger partial charge in [-0.25, -0.2) is 4.98 Å². The Morgan fingerprint density at radius 1 is 1.44 bits per heavy atom. The van der Waals surface area contributed by atoms with Crippen molar-refractivity contribution < 1.29 is 0 Å². The molecule has 0 spiro atoms. The van der Waals surface area contributed by atoms with E-state index < -0.39 is 0 Å². The third-order valence-corrected chi connectivity index (χ3v) is 3.83. The van der Waals surface area contributed by atoms with Gasteiger partial charge in [-0.15, -0.1) is 0 Å². The standard InChI is InChI=1S/C13H21BrN4/c1-17(2)9-10-3-5-18(6-4-10)13-12(15)7-11(14)8-16-13/h7-8,10H,3-6,9,15H2,1-2H3. The molecule has 0 bridgehead atoms. The minimum Gasteiger partial charge on any atom is -0.396 e. The second-order valence-corrected chi connectivity index (χ2v) is 6.17. The number of hydrogen-bond acceptors (Lipinski definition) is 4. The van der Waals surface area contributed by atoms with Crippen LogP contribution in [-0.4, -0.2) is 43.6 Å². The number of nitrogens with zero attached hydrogens (tertiary/aromatic N) is 3. The van der Waals surface area contributed by atoms with E-state index in [0.29, 0.717) is 0 Å². The normalized spacial score (nSPS) is 17.4. The van der Waals surface area contributed by atoms with E-state index in [1.807, 2.05) is 12.3 Å². The third-order valence-electron chi connectivity index (χ3n) is 3.40. The van der Waals surface area contributed by atoms with Crippen LogP contribution in [0.4, 0.5) is 11.5 Å². The lowest BCUT2D eigenvalue weighted by Crippen LogP contribution is -2.37. The molecule has 2 heterocycles. The topological polar surface area (TPSA) is 45.4 Å². The maximum atomic E-state index is 6.03. The van der Waals surface area contributed by atoms with Gasteiger partial charge < -0.3 is 15.5 Å². The predicted molar refractivity (Wildman–Crippen MR) is 79.8 cm³/mol. The van der Waals surface area contributed by atoms with Crippen LogP contribution in [0.2, 0.25) is 0 Å². The highest BCUT2D eigenvalue weighted by Crippen LogP contribution is 2.28. The first-order valence-electron chi connectivity index (χ1n) is 6.37. The van der Waals surface area contributed by atoms with E-state index in [0.717, 1.165) is 35.0 Å². The van der Waals surface area contributed by atoms with Gasteiger partial charge in [0, 0.05) is 30.3 Å². The molecule has 0 aliphatic carbocycles. The second kappa shape index (κ2) is 5.89. The number of aromatic nitrogens is 1. The maximum Gasteiger partial charge on any atom is 0.151 e. The highest BCUT2D eigenvalue weighted by atomic mass is 79.9. The summed E-state index contributed by atoms with van der Waals surface area (Å²) in [4.78, 5) is 9.00. The summed E-state index contributed by atoms with van der Waals surface area (Å²) in [7, 11) is 4.28. The highest BCUT2D eigenvalue weighted by molar-refractivity contribution is 9.10. The molecule has 1 fully saturated rings. The van der Waals surface area contributed by atoms with Gasteiger partial charge in [0.25, 0.3) is 0 Å². The predicted octanol–water partition coefficient (Wildman–Crippen LogP) is 2.20. The molecular weight excluding hydrogens is 292 g/mol. The Bertz CT molecular complexity index is 400. The van der Waals surface area contributed by atoms with E-state index >= 15 is 0 Å². The van der Waals surface area contributed by atoms with Crippen LogP contribution < -0.4 is 10.6 Å². The van der Waals surface area contributed by atoms with Crippen LogP contribution in [0, 0.1) is 5.92 Å². The Balaban J connectivity index is 1.97. The second-order valence-electron chi connectivity index (χ2n) is 5.26. The minimum atomic E-state index is 0.760. The zero-order valence-corrected chi connectivity index (χ0v) is 12.7. The van der Waals surface area contributed by atoms with Crippen LogP contribution in [0.25, 0.3) is 0 Å². The lowest BCUT2D eigenvalue weighted by Gasteiger charge is -2.34. The maximum absolute atomic E-state index is 6.03. The molecule has 18 heavy (non-hydrogen) atoms. The first-order valence-corrected chi connectivity index (χ1v) is 7.16. The fourth-order valence-electron chi connectivity index (χ4n) is 2.56. The quantitative estimate of drug-likeness (QED) is 0.929. The zero-order chi connectivity index (χ0) is 13.1. The Hall–Kier alpha value is -0.810. The van der Waals surface area contributed by atoms with E-state index in [2.05, 4.69) is 44.8 Å². The minimum absolute atomic E-state index is 0.760. The summed E-state index contributed by atoms with van der Waals surface area (Å²) in [6.45, 7) is 3.28. The summed E-state index contributed by atoms with van der Waals surface area (Å²) in [5, 5.41) is 0. The van der Waals surface area contributed by atoms with Gasteiger partial charge in [0.05, 0.1) is 5.69 Å². The Kier molecular flexibility index (Phi) is 4.45. The van der Waals surface area contributed by atoms with Crippen LogP contribution in [0.3, 0.4) is 0 Å². The number of nitrogens with two attached hydrogens (primary N) is 1. The molecule has 2 N–H and O–H groups in total. The summed E-state index contributed by atoms with van der Waals surface area (Å²) in [5.74, 6) is 1.73. The molecule has 0 radical (unpaired) electrons. The number of hydrogen-bond donors (Lipinski definition) is 1. The molecule has 2 rings (SSSR count). The van der Waals surface area contributed by atoms with E-state index in [1.54, 1.807) is 0 Å². The average molecular weight is 313 g/mol. The van der Waals surface area contributed by atoms with Crippen molar-refractivity contribution in [2.24, 2.45) is 5.92 Å². The summed E-state index contributed by atoms with van der Waals surface area (Å²) in [6, 6.07) is 1.92. The van der Waals surface area contributed by atoms with Gasteiger partial charge >= 0.3 is 0 Å². The van der Waals surface area contributed by atoms with Gasteiger partial charge in [0.2, 0.25) is 0 Å². The Labute approximate surface area is 117 Å². The van der Waals surface area contributed by atoms with Crippen molar-refractivity contribution in [3.05, 3.63) is 16.7 Å². The smallest absolute Gasteiger partial charge is 0.151 e. The van der Waals surface area contributed by atoms with Crippen LogP contribution in [0.5, 0.6) is 0 Å². The molecular formula is C13H21BrN4. The third kappa shape index (κ3) is 3.36. The van der Waals surface area contributed by atoms with E-state index in [-0.39, 0.29) is 0 Å². The van der Waals surface area contributed by atoms with Crippen LogP contribution in [-0.2, 0) is 0 Å². The molecule has 0 aromatic carbocycles. The SMILES string of the molecule is CN(C)CC1CCN(c2ncc(Br)cc2N)CC1. The summed E-state index contributed by atoms with van der Waals surface area (Å²) in [5.41, 5.74) is 6.78. The van der Waals surface area contributed by atoms with Gasteiger partial charge in [0.1, 0.15) is 0 Å². The number of piperidine rings is 1. The number of halogens is 1. The molecule has 0 unspecified atom stereocenters. The first kappa shape index (κ1) is 13.6. The van der Waals surface area contributed by atoms with E-state index in [1.165, 1.54) is 19.4 Å². The molecule has 4 nitrogen and oxygen atoms in total. The van der Waals surface area contributed by atoms with Crippen molar-refractivity contribution in [2.45, 2.75) is 12.8 Å². The molecule has 1 saturated heterocycles. The van der Waals surface area contributed by atoms with E-state index in [4.69, 9.17) is 5.73 Å². The lowest BCUT2D eigenvalue weighted by atomic mass is 9.96. The fourth-order valence-corrected chi connectivity index (χ4v) is 2.90. The zero-order valence-electron chi connectivity index (χ0n) is 11.1. The molecule has 0 amide bonds. The van der Waals surface area contributed by atoms with Crippen molar-refractivity contribution in [2.75, 3.05) is 44.4 Å². The van der Waals surface area contributed by atoms with Crippen LogP contribution in [0.1, 0.15) is 12.8 Å². The first-order chi connectivity index (χ1) is 8.56. The molecule has 100 valence electrons. The van der Waals surface area contributed by atoms with Crippen molar-refractivity contribution in [1.29, 1.82) is 0 Å². The van der Waals surface area contributed by atoms with Gasteiger partial charge in [0.15, 0.2) is 5.82 Å². The van der Waals surface area contributed by atoms with E-state index in [9.17, 15) is 0 Å². The molecule has 0 saturated carbocycles. The molecule has 0 atom stereocenters. The number of pyridine rings is 1. The van der Waals surface area contributed by atoms with Crippen molar-refractivity contribution in [3.8, 4) is 0 Å². The molecule has 1 aliphatic heterocycles. The number of anilines is 2. The largest absolute Gasteiger partial charge is 0.396 e. The Morgan fingerprint density at radius 3 is 2.67 bits per heavy atom. The van der Waals surface area contributed by atoms with Gasteiger partial charge in [-0.2, -0.15) is 0 Å². The lowest BCUT2D eigenvalue weighted by molar-refractivity contribution is 0.284. The monoisotopic (exact) mass is 312 g/mol. The summed E-state index contributed by atoms with van der Waals surface area (Å²) < 4.78 is 0.936. The van der Waals surface area contributed by atoms with Crippen molar-refractivity contribution >= 4 is 27.4 Å². The molecule has 1 aliphatic rings. The van der Waals surface area contributed by atoms with Gasteiger partial charge in [-0.3, -0.25) is 0 Å². The highest BCUT2D eigenvalue weighted by Gasteiger charge is 2.21. The Morgan fingerprint density at radius 2 is 2.11 bits per heavy atom. The average Bonchev–Trinajstić information content (AvgIpc) is 2.30. The van der Waals surface area contributed by atoms with Gasteiger partial charge in [-0.1, -0.05) is 0 Å². The number of rotatable bonds is 3. The van der Waals surface area contributed by atoms with Gasteiger partial charge in [-0.05, 0) is 54.9 Å². The summed E-state index contributed by atoms with van der Waals surface area (Å²) in [6.07, 6.45) is 4.25. The molecule has 1 aromatic rings.